The molecule has 0 radical (unpaired) electrons. The summed E-state index contributed by atoms with van der Waals surface area (Å²) < 4.78 is 46.2. The van der Waals surface area contributed by atoms with Gasteiger partial charge in [0.1, 0.15) is 30.0 Å². The molecule has 1 spiro atoms. The summed E-state index contributed by atoms with van der Waals surface area (Å²) in [7, 11) is 3.45. The minimum atomic E-state index is -0.860. The molecule has 2 fully saturated rings. The number of halogens is 3. The predicted molar refractivity (Wildman–Crippen MR) is 178 cm³/mol. The van der Waals surface area contributed by atoms with E-state index in [4.69, 9.17) is 19.4 Å². The highest BCUT2D eigenvalue weighted by atomic mass is 79.9. The van der Waals surface area contributed by atoms with Crippen LogP contribution in [0.5, 0.6) is 6.01 Å². The fourth-order valence-corrected chi connectivity index (χ4v) is 9.40. The van der Waals surface area contributed by atoms with Gasteiger partial charge in [0.25, 0.3) is 5.91 Å². The van der Waals surface area contributed by atoms with Crippen LogP contribution in [-0.2, 0) is 42.9 Å². The summed E-state index contributed by atoms with van der Waals surface area (Å²) in [6.45, 7) is 5.78. The van der Waals surface area contributed by atoms with Gasteiger partial charge in [-0.1, -0.05) is 0 Å². The molecule has 0 bridgehead atoms. The van der Waals surface area contributed by atoms with Crippen LogP contribution in [0.1, 0.15) is 82.7 Å². The largest absolute Gasteiger partial charge is 0.461 e. The normalized spacial score (nSPS) is 26.5. The lowest BCUT2D eigenvalue weighted by molar-refractivity contribution is -0.0879. The van der Waals surface area contributed by atoms with Gasteiger partial charge in [-0.2, -0.15) is 15.1 Å². The third-order valence-electron chi connectivity index (χ3n) is 11.2. The summed E-state index contributed by atoms with van der Waals surface area (Å²) in [4.78, 5) is 28.7. The Hall–Kier alpha value is -3.16. The molecule has 256 valence electrons. The number of carbonyl (C=O) groups excluding carboxylic acids is 1. The first-order valence-corrected chi connectivity index (χ1v) is 17.9. The maximum Gasteiger partial charge on any atom is 0.318 e. The molecule has 1 aromatic carbocycles. The van der Waals surface area contributed by atoms with Crippen molar-refractivity contribution in [2.75, 3.05) is 45.2 Å². The summed E-state index contributed by atoms with van der Waals surface area (Å²) in [5.74, 6) is 0.314. The monoisotopic (exact) mass is 725 g/mol. The Labute approximate surface area is 287 Å². The molecule has 0 N–H and O–H groups in total. The van der Waals surface area contributed by atoms with Gasteiger partial charge in [-0.15, -0.1) is 0 Å². The lowest BCUT2D eigenvalue weighted by Crippen LogP contribution is -2.44. The maximum atomic E-state index is 16.0. The molecule has 3 aromatic rings. The molecule has 0 saturated carbocycles. The molecule has 10 nitrogen and oxygen atoms in total. The number of aryl methyl sites for hydroxylation is 2. The maximum absolute atomic E-state index is 16.0. The van der Waals surface area contributed by atoms with E-state index in [0.717, 1.165) is 72.5 Å². The van der Waals surface area contributed by atoms with Crippen LogP contribution in [0, 0.1) is 12.7 Å². The van der Waals surface area contributed by atoms with E-state index in [0.29, 0.717) is 67.8 Å². The second kappa shape index (κ2) is 12.0. The van der Waals surface area contributed by atoms with Gasteiger partial charge in [0.2, 0.25) is 0 Å². The zero-order chi connectivity index (χ0) is 33.4. The number of aromatic nitrogens is 4. The van der Waals surface area contributed by atoms with Gasteiger partial charge in [0.05, 0.1) is 34.6 Å². The quantitative estimate of drug-likeness (QED) is 0.353. The first-order valence-electron chi connectivity index (χ1n) is 17.1. The Balaban J connectivity index is 1.18. The number of hydrogen-bond donors (Lipinski definition) is 0. The molecule has 1 aliphatic carbocycles. The van der Waals surface area contributed by atoms with Crippen LogP contribution in [0.3, 0.4) is 0 Å². The summed E-state index contributed by atoms with van der Waals surface area (Å²) in [5, 5.41) is 4.62. The van der Waals surface area contributed by atoms with Crippen molar-refractivity contribution in [2.24, 2.45) is 0 Å². The van der Waals surface area contributed by atoms with Crippen molar-refractivity contribution in [3.63, 3.8) is 0 Å². The van der Waals surface area contributed by atoms with Crippen LogP contribution in [0.25, 0.3) is 0 Å². The van der Waals surface area contributed by atoms with Gasteiger partial charge in [-0.3, -0.25) is 14.4 Å². The standard InChI is InChI=1S/C35H42BrF2N7O3/c1-21-13-26(36)30(38)29-24(21)7-4-9-35(29)16-28-25(19-48-35)31(40-33(39-28)47-20-34-8-5-11-44(34)17-22(37)15-34)43-10-6-12-45-23(18-43)14-27(41-45)32(46)42(2)3/h13-14,22H,4-12,15-20H2,1-3H3/t22-,34+,35?/m1/s1. The molecule has 5 aliphatic rings. The second-order valence-corrected chi connectivity index (χ2v) is 15.3. The van der Waals surface area contributed by atoms with E-state index in [1.165, 1.54) is 4.90 Å². The topological polar surface area (TPSA) is 88.8 Å². The zero-order valence-corrected chi connectivity index (χ0v) is 29.4. The van der Waals surface area contributed by atoms with Gasteiger partial charge in [0.15, 0.2) is 5.69 Å². The molecule has 4 aliphatic heterocycles. The molecule has 1 amide bonds. The average Bonchev–Trinajstić information content (AvgIpc) is 3.68. The summed E-state index contributed by atoms with van der Waals surface area (Å²) in [6, 6.07) is 3.97. The first kappa shape index (κ1) is 32.1. The van der Waals surface area contributed by atoms with Crippen molar-refractivity contribution in [1.82, 2.24) is 29.5 Å². The fraction of sp³-hybridized carbons (Fsp3) is 0.600. The van der Waals surface area contributed by atoms with Gasteiger partial charge in [-0.05, 0) is 91.2 Å². The number of rotatable bonds is 5. The van der Waals surface area contributed by atoms with Crippen molar-refractivity contribution in [3.8, 4) is 6.01 Å². The summed E-state index contributed by atoms with van der Waals surface area (Å²) in [5.41, 5.74) is 4.50. The Morgan fingerprint density at radius 3 is 2.83 bits per heavy atom. The van der Waals surface area contributed by atoms with E-state index in [9.17, 15) is 9.18 Å². The third-order valence-corrected chi connectivity index (χ3v) is 11.8. The Morgan fingerprint density at radius 1 is 1.15 bits per heavy atom. The SMILES string of the molecule is Cc1cc(Br)c(F)c2c1CCCC21Cc2nc(OC[C@@]34CCCN3C[C@H](F)C4)nc(N3CCCn4nc(C(=O)N(C)C)cc4C3)c2CO1. The van der Waals surface area contributed by atoms with Crippen LogP contribution < -0.4 is 9.64 Å². The van der Waals surface area contributed by atoms with Crippen LogP contribution in [0.4, 0.5) is 14.6 Å². The number of nitrogens with zero attached hydrogens (tertiary/aromatic N) is 7. The first-order chi connectivity index (χ1) is 23.1. The van der Waals surface area contributed by atoms with Gasteiger partial charge < -0.3 is 19.3 Å². The van der Waals surface area contributed by atoms with Crippen molar-refractivity contribution < 1.29 is 23.0 Å². The minimum absolute atomic E-state index is 0.138. The fourth-order valence-electron chi connectivity index (χ4n) is 8.85. The molecular weight excluding hydrogens is 684 g/mol. The predicted octanol–water partition coefficient (Wildman–Crippen LogP) is 5.25. The average molecular weight is 727 g/mol. The highest BCUT2D eigenvalue weighted by Gasteiger charge is 2.50. The van der Waals surface area contributed by atoms with Gasteiger partial charge in [-0.25, -0.2) is 8.78 Å². The highest BCUT2D eigenvalue weighted by Crippen LogP contribution is 2.49. The number of ether oxygens (including phenoxy) is 2. The van der Waals surface area contributed by atoms with E-state index in [2.05, 4.69) is 30.8 Å². The van der Waals surface area contributed by atoms with E-state index < -0.39 is 11.8 Å². The Bertz CT molecular complexity index is 1790. The van der Waals surface area contributed by atoms with E-state index in [1.807, 2.05) is 23.7 Å². The summed E-state index contributed by atoms with van der Waals surface area (Å²) in [6.07, 6.45) is 5.07. The molecule has 8 rings (SSSR count). The van der Waals surface area contributed by atoms with E-state index in [-0.39, 0.29) is 29.9 Å². The number of hydrogen-bond acceptors (Lipinski definition) is 8. The molecular formula is C35H42BrF2N7O3. The zero-order valence-electron chi connectivity index (χ0n) is 27.8. The van der Waals surface area contributed by atoms with Crippen LogP contribution in [0.2, 0.25) is 0 Å². The molecule has 2 aromatic heterocycles. The molecule has 48 heavy (non-hydrogen) atoms. The van der Waals surface area contributed by atoms with Crippen molar-refractivity contribution in [2.45, 2.75) is 95.3 Å². The number of fused-ring (bicyclic) bond motifs is 5. The van der Waals surface area contributed by atoms with Gasteiger partial charge >= 0.3 is 6.01 Å². The Morgan fingerprint density at radius 2 is 2.00 bits per heavy atom. The van der Waals surface area contributed by atoms with E-state index in [1.54, 1.807) is 14.1 Å². The summed E-state index contributed by atoms with van der Waals surface area (Å²) >= 11 is 3.46. The number of alkyl halides is 1. The Kier molecular flexibility index (Phi) is 8.03. The minimum Gasteiger partial charge on any atom is -0.461 e. The smallest absolute Gasteiger partial charge is 0.318 e. The van der Waals surface area contributed by atoms with Crippen molar-refractivity contribution in [3.05, 3.63) is 61.8 Å². The number of benzene rings is 1. The number of anilines is 1. The van der Waals surface area contributed by atoms with Crippen molar-refractivity contribution >= 4 is 27.7 Å². The lowest BCUT2D eigenvalue weighted by atomic mass is 9.73. The number of amides is 1. The lowest BCUT2D eigenvalue weighted by Gasteiger charge is -2.43. The molecule has 1 unspecified atom stereocenters. The van der Waals surface area contributed by atoms with E-state index >= 15 is 4.39 Å². The molecule has 6 heterocycles. The van der Waals surface area contributed by atoms with Crippen molar-refractivity contribution in [1.29, 1.82) is 0 Å². The van der Waals surface area contributed by atoms with Crippen LogP contribution in [0.15, 0.2) is 16.6 Å². The van der Waals surface area contributed by atoms with Crippen LogP contribution >= 0.6 is 15.9 Å². The molecule has 13 heteroatoms. The second-order valence-electron chi connectivity index (χ2n) is 14.5. The van der Waals surface area contributed by atoms with Crippen LogP contribution in [-0.4, -0.2) is 87.5 Å². The highest BCUT2D eigenvalue weighted by molar-refractivity contribution is 9.10. The molecule has 3 atom stereocenters. The molecule has 2 saturated heterocycles. The number of carbonyl (C=O) groups is 1. The third kappa shape index (κ3) is 5.31. The van der Waals surface area contributed by atoms with Gasteiger partial charge in [0, 0.05) is 57.7 Å².